The fourth-order valence-corrected chi connectivity index (χ4v) is 2.74. The van der Waals surface area contributed by atoms with Gasteiger partial charge in [-0.15, -0.1) is 0 Å². The summed E-state index contributed by atoms with van der Waals surface area (Å²) in [7, 11) is 0. The summed E-state index contributed by atoms with van der Waals surface area (Å²) < 4.78 is 1.00. The van der Waals surface area contributed by atoms with Crippen molar-refractivity contribution in [3.05, 3.63) is 57.6 Å². The first kappa shape index (κ1) is 13.0. The number of rotatable bonds is 2. The second kappa shape index (κ2) is 5.17. The van der Waals surface area contributed by atoms with Gasteiger partial charge in [0, 0.05) is 15.6 Å². The van der Waals surface area contributed by atoms with Crippen LogP contribution in [0.2, 0.25) is 0 Å². The summed E-state index contributed by atoms with van der Waals surface area (Å²) in [6.07, 6.45) is 6.44. The first-order valence-corrected chi connectivity index (χ1v) is 6.95. The number of aromatic carboxylic acids is 1. The molecule has 1 aliphatic heterocycles. The minimum Gasteiger partial charge on any atom is -0.478 e. The van der Waals surface area contributed by atoms with Gasteiger partial charge < -0.3 is 5.11 Å². The van der Waals surface area contributed by atoms with Crippen LogP contribution in [-0.4, -0.2) is 29.2 Å². The van der Waals surface area contributed by atoms with E-state index >= 15 is 0 Å². The molecular weight excluding hydrogens is 320 g/mol. The van der Waals surface area contributed by atoms with Crippen LogP contribution in [0.4, 0.5) is 0 Å². The topological polar surface area (TPSA) is 62.0 Å². The Labute approximate surface area is 124 Å². The third kappa shape index (κ3) is 2.36. The second-order valence-corrected chi connectivity index (χ2v) is 5.48. The zero-order valence-corrected chi connectivity index (χ0v) is 12.0. The van der Waals surface area contributed by atoms with Crippen molar-refractivity contribution in [1.82, 2.24) is 0 Å². The monoisotopic (exact) mass is 330 g/mol. The van der Waals surface area contributed by atoms with Crippen molar-refractivity contribution in [2.45, 2.75) is 12.5 Å². The molecule has 1 heterocycles. The molecule has 2 aliphatic rings. The highest BCUT2D eigenvalue weighted by molar-refractivity contribution is 9.11. The number of carboxylic acid groups (broad SMARTS) is 1. The van der Waals surface area contributed by atoms with Crippen LogP contribution in [-0.2, 0) is 0 Å². The second-order valence-electron chi connectivity index (χ2n) is 4.57. The molecule has 20 heavy (non-hydrogen) atoms. The summed E-state index contributed by atoms with van der Waals surface area (Å²) in [4.78, 5) is 19.8. The number of carboxylic acids is 1. The molecule has 0 aromatic heterocycles. The van der Waals surface area contributed by atoms with E-state index < -0.39 is 5.97 Å². The number of hydrogen-bond donors (Lipinski definition) is 1. The van der Waals surface area contributed by atoms with E-state index in [1.54, 1.807) is 24.5 Å². The lowest BCUT2D eigenvalue weighted by atomic mass is 9.90. The van der Waals surface area contributed by atoms with Crippen LogP contribution in [0.5, 0.6) is 0 Å². The summed E-state index contributed by atoms with van der Waals surface area (Å²) in [5.74, 6) is -0.938. The molecule has 0 amide bonds. The van der Waals surface area contributed by atoms with Gasteiger partial charge in [-0.1, -0.05) is 34.1 Å². The minimum atomic E-state index is -0.938. The van der Waals surface area contributed by atoms with Gasteiger partial charge in [0.1, 0.15) is 6.34 Å². The van der Waals surface area contributed by atoms with Crippen molar-refractivity contribution >= 4 is 33.9 Å². The lowest BCUT2D eigenvalue weighted by Crippen LogP contribution is -2.23. The van der Waals surface area contributed by atoms with E-state index in [9.17, 15) is 4.79 Å². The van der Waals surface area contributed by atoms with Gasteiger partial charge in [0.15, 0.2) is 0 Å². The molecule has 4 nitrogen and oxygen atoms in total. The number of nitrogens with zero attached hydrogens (tertiary/aromatic N) is 2. The zero-order valence-electron chi connectivity index (χ0n) is 10.5. The Kier molecular flexibility index (Phi) is 3.36. The fourth-order valence-electron chi connectivity index (χ4n) is 2.31. The van der Waals surface area contributed by atoms with E-state index in [1.165, 1.54) is 0 Å². The van der Waals surface area contributed by atoms with E-state index in [0.29, 0.717) is 0 Å². The van der Waals surface area contributed by atoms with Gasteiger partial charge in [0.25, 0.3) is 0 Å². The van der Waals surface area contributed by atoms with E-state index in [4.69, 9.17) is 5.11 Å². The minimum absolute atomic E-state index is 0.0669. The molecule has 1 aromatic rings. The Hall–Kier alpha value is -2.01. The van der Waals surface area contributed by atoms with Crippen molar-refractivity contribution in [2.24, 2.45) is 9.98 Å². The number of benzene rings is 1. The first-order chi connectivity index (χ1) is 9.65. The van der Waals surface area contributed by atoms with Crippen LogP contribution in [0, 0.1) is 0 Å². The SMILES string of the molecule is O=C(O)c1cccc(C2=NC=NC3CC=C(Br)C=C23)c1. The van der Waals surface area contributed by atoms with Crippen LogP contribution in [0.1, 0.15) is 22.3 Å². The summed E-state index contributed by atoms with van der Waals surface area (Å²) in [6.45, 7) is 0. The standard InChI is InChI=1S/C15H11BrN2O2/c16-11-4-5-13-12(7-11)14(18-8-17-13)9-2-1-3-10(6-9)15(19)20/h1-4,6-8,13H,5H2,(H,19,20). The first-order valence-electron chi connectivity index (χ1n) is 6.16. The Morgan fingerprint density at radius 3 is 3.05 bits per heavy atom. The Morgan fingerprint density at radius 2 is 2.25 bits per heavy atom. The number of hydrogen-bond acceptors (Lipinski definition) is 3. The summed E-state index contributed by atoms with van der Waals surface area (Å²) in [6, 6.07) is 6.89. The van der Waals surface area contributed by atoms with Gasteiger partial charge in [-0.25, -0.2) is 9.79 Å². The molecule has 100 valence electrons. The molecule has 0 spiro atoms. The third-order valence-corrected chi connectivity index (χ3v) is 3.83. The van der Waals surface area contributed by atoms with Crippen LogP contribution < -0.4 is 0 Å². The molecule has 0 fully saturated rings. The van der Waals surface area contributed by atoms with Crippen LogP contribution in [0.25, 0.3) is 0 Å². The van der Waals surface area contributed by atoms with Gasteiger partial charge in [0.05, 0.1) is 17.3 Å². The molecular formula is C15H11BrN2O2. The maximum Gasteiger partial charge on any atom is 0.335 e. The largest absolute Gasteiger partial charge is 0.478 e. The van der Waals surface area contributed by atoms with E-state index in [0.717, 1.165) is 27.8 Å². The summed E-state index contributed by atoms with van der Waals surface area (Å²) in [5.41, 5.74) is 2.87. The lowest BCUT2D eigenvalue weighted by Gasteiger charge is -2.23. The molecule has 0 saturated heterocycles. The van der Waals surface area contributed by atoms with E-state index in [-0.39, 0.29) is 11.6 Å². The normalized spacial score (nSPS) is 20.6. The van der Waals surface area contributed by atoms with Crippen molar-refractivity contribution in [3.8, 4) is 0 Å². The van der Waals surface area contributed by atoms with Gasteiger partial charge in [-0.3, -0.25) is 4.99 Å². The molecule has 1 aromatic carbocycles. The van der Waals surface area contributed by atoms with Crippen LogP contribution >= 0.6 is 15.9 Å². The van der Waals surface area contributed by atoms with Crippen LogP contribution in [0.15, 0.2) is 56.5 Å². The van der Waals surface area contributed by atoms with Gasteiger partial charge in [0.2, 0.25) is 0 Å². The number of aliphatic imine (C=N–C) groups is 2. The van der Waals surface area contributed by atoms with Gasteiger partial charge >= 0.3 is 5.97 Å². The quantitative estimate of drug-likeness (QED) is 0.905. The highest BCUT2D eigenvalue weighted by Crippen LogP contribution is 2.29. The van der Waals surface area contributed by atoms with Gasteiger partial charge in [-0.2, -0.15) is 0 Å². The zero-order chi connectivity index (χ0) is 14.1. The number of fused-ring (bicyclic) bond motifs is 1. The molecule has 0 saturated carbocycles. The molecule has 0 radical (unpaired) electrons. The fraction of sp³-hybridized carbons (Fsp3) is 0.133. The molecule has 1 atom stereocenters. The molecule has 1 N–H and O–H groups in total. The lowest BCUT2D eigenvalue weighted by molar-refractivity contribution is 0.0697. The molecule has 1 unspecified atom stereocenters. The summed E-state index contributed by atoms with van der Waals surface area (Å²) in [5, 5.41) is 9.08. The Balaban J connectivity index is 2.07. The number of carbonyl (C=O) groups is 1. The molecule has 3 rings (SSSR count). The maximum absolute atomic E-state index is 11.1. The smallest absolute Gasteiger partial charge is 0.335 e. The number of halogens is 1. The number of allylic oxidation sites excluding steroid dienone is 2. The Morgan fingerprint density at radius 1 is 1.40 bits per heavy atom. The van der Waals surface area contributed by atoms with E-state index in [2.05, 4.69) is 32.0 Å². The van der Waals surface area contributed by atoms with Gasteiger partial charge in [-0.05, 0) is 24.6 Å². The molecule has 5 heteroatoms. The molecule has 0 bridgehead atoms. The van der Waals surface area contributed by atoms with Crippen molar-refractivity contribution < 1.29 is 9.90 Å². The average molecular weight is 331 g/mol. The van der Waals surface area contributed by atoms with Crippen LogP contribution in [0.3, 0.4) is 0 Å². The Bertz CT molecular complexity index is 702. The highest BCUT2D eigenvalue weighted by Gasteiger charge is 2.24. The van der Waals surface area contributed by atoms with Crippen molar-refractivity contribution in [1.29, 1.82) is 0 Å². The predicted octanol–water partition coefficient (Wildman–Crippen LogP) is 3.19. The predicted molar refractivity (Wildman–Crippen MR) is 81.9 cm³/mol. The summed E-state index contributed by atoms with van der Waals surface area (Å²) >= 11 is 3.47. The molecule has 1 aliphatic carbocycles. The van der Waals surface area contributed by atoms with Crippen molar-refractivity contribution in [3.63, 3.8) is 0 Å². The third-order valence-electron chi connectivity index (χ3n) is 3.28. The average Bonchev–Trinajstić information content (AvgIpc) is 2.46. The van der Waals surface area contributed by atoms with Crippen molar-refractivity contribution in [2.75, 3.05) is 0 Å². The van der Waals surface area contributed by atoms with E-state index in [1.807, 2.05) is 12.1 Å². The maximum atomic E-state index is 11.1. The highest BCUT2D eigenvalue weighted by atomic mass is 79.9.